The molecule has 2 aromatic rings. The summed E-state index contributed by atoms with van der Waals surface area (Å²) in [7, 11) is -1.83. The van der Waals surface area contributed by atoms with Crippen molar-refractivity contribution in [3.63, 3.8) is 0 Å². The van der Waals surface area contributed by atoms with E-state index in [0.29, 0.717) is 17.1 Å². The van der Waals surface area contributed by atoms with Gasteiger partial charge in [0.2, 0.25) is 10.0 Å². The van der Waals surface area contributed by atoms with Crippen molar-refractivity contribution in [2.24, 2.45) is 0 Å². The first kappa shape index (κ1) is 12.3. The van der Waals surface area contributed by atoms with E-state index in [-0.39, 0.29) is 0 Å². The van der Waals surface area contributed by atoms with Gasteiger partial charge in [0.15, 0.2) is 0 Å². The van der Waals surface area contributed by atoms with Crippen molar-refractivity contribution in [1.29, 1.82) is 0 Å². The van der Waals surface area contributed by atoms with E-state index in [1.165, 1.54) is 18.1 Å². The van der Waals surface area contributed by atoms with Gasteiger partial charge in [0, 0.05) is 0 Å². The first-order valence-electron chi connectivity index (χ1n) is 4.89. The van der Waals surface area contributed by atoms with Crippen LogP contribution in [0.4, 0.5) is 5.69 Å². The van der Waals surface area contributed by atoms with Crippen LogP contribution in [-0.2, 0) is 10.0 Å². The molecule has 0 amide bonds. The highest BCUT2D eigenvalue weighted by Gasteiger charge is 2.10. The maximum atomic E-state index is 11.2. The number of nitrogens with zero attached hydrogens (tertiary/aromatic N) is 4. The Bertz CT molecular complexity index is 638. The molecule has 8 nitrogen and oxygen atoms in total. The average Bonchev–Trinajstić information content (AvgIpc) is 2.80. The monoisotopic (exact) mass is 269 g/mol. The summed E-state index contributed by atoms with van der Waals surface area (Å²) in [5, 5.41) is 10.8. The van der Waals surface area contributed by atoms with E-state index in [1.807, 2.05) is 0 Å². The van der Waals surface area contributed by atoms with E-state index in [4.69, 9.17) is 4.74 Å². The van der Waals surface area contributed by atoms with Crippen LogP contribution < -0.4 is 9.46 Å². The molecule has 1 heterocycles. The third-order valence-electron chi connectivity index (χ3n) is 2.08. The van der Waals surface area contributed by atoms with Crippen molar-refractivity contribution in [3.8, 4) is 11.4 Å². The first-order chi connectivity index (χ1) is 8.49. The second-order valence-electron chi connectivity index (χ2n) is 3.52. The molecule has 1 aromatic carbocycles. The Hall–Kier alpha value is -2.16. The highest BCUT2D eigenvalue weighted by Crippen LogP contribution is 2.25. The summed E-state index contributed by atoms with van der Waals surface area (Å²) in [4.78, 5) is 0. The van der Waals surface area contributed by atoms with Crippen molar-refractivity contribution in [3.05, 3.63) is 24.5 Å². The van der Waals surface area contributed by atoms with Crippen LogP contribution in [0.25, 0.3) is 5.69 Å². The van der Waals surface area contributed by atoms with E-state index < -0.39 is 10.0 Å². The van der Waals surface area contributed by atoms with E-state index in [2.05, 4.69) is 20.2 Å². The number of tetrazole rings is 1. The molecule has 0 atom stereocenters. The fourth-order valence-electron chi connectivity index (χ4n) is 1.42. The summed E-state index contributed by atoms with van der Waals surface area (Å²) in [6.07, 6.45) is 2.47. The second-order valence-corrected chi connectivity index (χ2v) is 5.26. The van der Waals surface area contributed by atoms with Crippen molar-refractivity contribution < 1.29 is 13.2 Å². The lowest BCUT2D eigenvalue weighted by molar-refractivity contribution is 0.411. The molecular weight excluding hydrogens is 258 g/mol. The van der Waals surface area contributed by atoms with Crippen LogP contribution in [0.15, 0.2) is 24.5 Å². The van der Waals surface area contributed by atoms with E-state index in [0.717, 1.165) is 6.26 Å². The lowest BCUT2D eigenvalue weighted by atomic mass is 10.2. The Labute approximate surface area is 104 Å². The Balaban J connectivity index is 2.46. The number of hydrogen-bond donors (Lipinski definition) is 1. The fraction of sp³-hybridized carbons (Fsp3) is 0.222. The topological polar surface area (TPSA) is 99.0 Å². The molecule has 0 radical (unpaired) electrons. The van der Waals surface area contributed by atoms with Crippen molar-refractivity contribution in [2.45, 2.75) is 0 Å². The van der Waals surface area contributed by atoms with Gasteiger partial charge in [-0.15, -0.1) is 5.10 Å². The summed E-state index contributed by atoms with van der Waals surface area (Å²) in [5.74, 6) is 0.529. The van der Waals surface area contributed by atoms with E-state index in [1.54, 1.807) is 18.2 Å². The zero-order valence-electron chi connectivity index (χ0n) is 9.73. The number of rotatable bonds is 4. The normalized spacial score (nSPS) is 11.2. The number of nitrogens with one attached hydrogen (secondary N) is 1. The molecule has 2 rings (SSSR count). The zero-order valence-corrected chi connectivity index (χ0v) is 10.5. The van der Waals surface area contributed by atoms with Crippen LogP contribution in [0, 0.1) is 0 Å². The highest BCUT2D eigenvalue weighted by molar-refractivity contribution is 7.92. The largest absolute Gasteiger partial charge is 0.494 e. The van der Waals surface area contributed by atoms with Crippen LogP contribution in [0.3, 0.4) is 0 Å². The zero-order chi connectivity index (χ0) is 13.2. The van der Waals surface area contributed by atoms with Crippen molar-refractivity contribution >= 4 is 15.7 Å². The van der Waals surface area contributed by atoms with Gasteiger partial charge in [-0.2, -0.15) is 4.68 Å². The third kappa shape index (κ3) is 2.74. The maximum absolute atomic E-state index is 11.2. The molecule has 0 aliphatic carbocycles. The molecule has 0 saturated heterocycles. The number of aromatic nitrogens is 4. The maximum Gasteiger partial charge on any atom is 0.229 e. The molecule has 0 unspecified atom stereocenters. The molecule has 0 spiro atoms. The Kier molecular flexibility index (Phi) is 3.15. The predicted octanol–water partition coefficient (Wildman–Crippen LogP) is 0.0424. The molecule has 1 N–H and O–H groups in total. The van der Waals surface area contributed by atoms with E-state index >= 15 is 0 Å². The van der Waals surface area contributed by atoms with Gasteiger partial charge < -0.3 is 4.74 Å². The molecule has 0 saturated carbocycles. The first-order valence-corrected chi connectivity index (χ1v) is 6.78. The molecular formula is C9H11N5O3S. The summed E-state index contributed by atoms with van der Waals surface area (Å²) in [6.45, 7) is 0. The molecule has 1 aromatic heterocycles. The number of hydrogen-bond acceptors (Lipinski definition) is 6. The van der Waals surface area contributed by atoms with Gasteiger partial charge >= 0.3 is 0 Å². The quantitative estimate of drug-likeness (QED) is 0.841. The fourth-order valence-corrected chi connectivity index (χ4v) is 1.97. The van der Waals surface area contributed by atoms with Crippen LogP contribution in [-0.4, -0.2) is 42.0 Å². The third-order valence-corrected chi connectivity index (χ3v) is 2.68. The van der Waals surface area contributed by atoms with Crippen LogP contribution >= 0.6 is 0 Å². The van der Waals surface area contributed by atoms with E-state index in [9.17, 15) is 8.42 Å². The van der Waals surface area contributed by atoms with Gasteiger partial charge in [0.05, 0.1) is 19.1 Å². The molecule has 0 aliphatic rings. The number of benzene rings is 1. The summed E-state index contributed by atoms with van der Waals surface area (Å²) in [5.41, 5.74) is 0.944. The minimum Gasteiger partial charge on any atom is -0.494 e. The second kappa shape index (κ2) is 4.61. The Morgan fingerprint density at radius 1 is 1.39 bits per heavy atom. The standard InChI is InChI=1S/C9H11N5O3S/c1-17-9-4-3-7(11-18(2,15)16)5-8(9)14-6-10-12-13-14/h3-6,11H,1-2H3. The van der Waals surface area contributed by atoms with Gasteiger partial charge in [-0.05, 0) is 28.6 Å². The molecule has 0 fully saturated rings. The molecule has 18 heavy (non-hydrogen) atoms. The minimum atomic E-state index is -3.33. The average molecular weight is 269 g/mol. The smallest absolute Gasteiger partial charge is 0.229 e. The van der Waals surface area contributed by atoms with Gasteiger partial charge in [-0.25, -0.2) is 8.42 Å². The van der Waals surface area contributed by atoms with Crippen LogP contribution in [0.2, 0.25) is 0 Å². The molecule has 96 valence electrons. The SMILES string of the molecule is COc1ccc(NS(C)(=O)=O)cc1-n1cnnn1. The van der Waals surface area contributed by atoms with Gasteiger partial charge in [0.1, 0.15) is 17.8 Å². The van der Waals surface area contributed by atoms with Crippen LogP contribution in [0.5, 0.6) is 5.75 Å². The molecule has 0 bridgehead atoms. The highest BCUT2D eigenvalue weighted by atomic mass is 32.2. The van der Waals surface area contributed by atoms with Crippen LogP contribution in [0.1, 0.15) is 0 Å². The van der Waals surface area contributed by atoms with Gasteiger partial charge in [0.25, 0.3) is 0 Å². The minimum absolute atomic E-state index is 0.406. The number of ether oxygens (including phenoxy) is 1. The van der Waals surface area contributed by atoms with Gasteiger partial charge in [-0.3, -0.25) is 4.72 Å². The predicted molar refractivity (Wildman–Crippen MR) is 64.2 cm³/mol. The number of sulfonamides is 1. The summed E-state index contributed by atoms with van der Waals surface area (Å²) < 4.78 is 31.2. The molecule has 0 aliphatic heterocycles. The number of methoxy groups -OCH3 is 1. The summed E-state index contributed by atoms with van der Waals surface area (Å²) in [6, 6.07) is 4.80. The lowest BCUT2D eigenvalue weighted by Gasteiger charge is -2.10. The van der Waals surface area contributed by atoms with Crippen molar-refractivity contribution in [2.75, 3.05) is 18.1 Å². The van der Waals surface area contributed by atoms with Crippen molar-refractivity contribution in [1.82, 2.24) is 20.2 Å². The summed E-state index contributed by atoms with van der Waals surface area (Å²) >= 11 is 0. The number of anilines is 1. The Morgan fingerprint density at radius 3 is 2.72 bits per heavy atom. The van der Waals surface area contributed by atoms with Gasteiger partial charge in [-0.1, -0.05) is 0 Å². The lowest BCUT2D eigenvalue weighted by Crippen LogP contribution is -2.10. The molecule has 9 heteroatoms. The Morgan fingerprint density at radius 2 is 2.17 bits per heavy atom.